The molecule has 2 N–H and O–H groups in total. The second-order valence-electron chi connectivity index (χ2n) is 5.94. The number of quaternary nitrogens is 1. The van der Waals surface area contributed by atoms with Gasteiger partial charge in [0.15, 0.2) is 6.54 Å². The molecule has 1 aromatic carbocycles. The van der Waals surface area contributed by atoms with E-state index >= 15 is 0 Å². The fourth-order valence-corrected chi connectivity index (χ4v) is 2.87. The van der Waals surface area contributed by atoms with Crippen LogP contribution in [0.2, 0.25) is 0 Å². The van der Waals surface area contributed by atoms with Crippen molar-refractivity contribution in [2.75, 3.05) is 31.6 Å². The Kier molecular flexibility index (Phi) is 6.12. The molecular weight excluding hydrogens is 296 g/mol. The summed E-state index contributed by atoms with van der Waals surface area (Å²) in [6.45, 7) is 8.25. The van der Waals surface area contributed by atoms with E-state index in [1.165, 1.54) is 4.90 Å². The van der Waals surface area contributed by atoms with E-state index in [-0.39, 0.29) is 24.1 Å². The average molecular weight is 321 g/mol. The number of morpholine rings is 1. The summed E-state index contributed by atoms with van der Waals surface area (Å²) in [4.78, 5) is 24.9. The first kappa shape index (κ1) is 17.4. The Morgan fingerprint density at radius 3 is 2.39 bits per heavy atom. The molecule has 1 saturated heterocycles. The van der Waals surface area contributed by atoms with Crippen molar-refractivity contribution in [1.82, 2.24) is 0 Å². The van der Waals surface area contributed by atoms with E-state index in [0.29, 0.717) is 24.4 Å². The summed E-state index contributed by atoms with van der Waals surface area (Å²) in [5.74, 6) is -0.392. The predicted octanol–water partition coefficient (Wildman–Crippen LogP) is 0.494. The van der Waals surface area contributed by atoms with Crippen LogP contribution in [0.5, 0.6) is 0 Å². The van der Waals surface area contributed by atoms with Crippen LogP contribution in [0.4, 0.5) is 5.69 Å². The van der Waals surface area contributed by atoms with Crippen LogP contribution >= 0.6 is 0 Å². The lowest BCUT2D eigenvalue weighted by atomic mass is 10.2. The van der Waals surface area contributed by atoms with Gasteiger partial charge < -0.3 is 19.7 Å². The Hall–Kier alpha value is -1.92. The van der Waals surface area contributed by atoms with Gasteiger partial charge in [0, 0.05) is 5.69 Å². The molecule has 23 heavy (non-hydrogen) atoms. The van der Waals surface area contributed by atoms with E-state index in [4.69, 9.17) is 9.47 Å². The Bertz CT molecular complexity index is 534. The third-order valence-electron chi connectivity index (χ3n) is 3.71. The van der Waals surface area contributed by atoms with Crippen molar-refractivity contribution < 1.29 is 24.0 Å². The summed E-state index contributed by atoms with van der Waals surface area (Å²) in [6, 6.07) is 6.73. The van der Waals surface area contributed by atoms with Gasteiger partial charge in [0.1, 0.15) is 25.3 Å². The molecule has 1 aromatic rings. The number of anilines is 1. The number of ether oxygens (including phenoxy) is 2. The lowest BCUT2D eigenvalue weighted by molar-refractivity contribution is -0.907. The smallest absolute Gasteiger partial charge is 0.338 e. The second kappa shape index (κ2) is 8.08. The van der Waals surface area contributed by atoms with Gasteiger partial charge in [-0.05, 0) is 45.0 Å². The summed E-state index contributed by atoms with van der Waals surface area (Å²) in [5, 5.41) is 2.86. The van der Waals surface area contributed by atoms with Crippen molar-refractivity contribution >= 4 is 17.6 Å². The van der Waals surface area contributed by atoms with Crippen LogP contribution in [-0.4, -0.2) is 50.3 Å². The minimum atomic E-state index is -0.355. The number of amides is 1. The van der Waals surface area contributed by atoms with Gasteiger partial charge in [-0.1, -0.05) is 0 Å². The van der Waals surface area contributed by atoms with Crippen LogP contribution in [0.15, 0.2) is 24.3 Å². The van der Waals surface area contributed by atoms with E-state index in [1.54, 1.807) is 31.2 Å². The molecule has 6 nitrogen and oxygen atoms in total. The molecule has 2 atom stereocenters. The van der Waals surface area contributed by atoms with Gasteiger partial charge in [-0.15, -0.1) is 0 Å². The summed E-state index contributed by atoms with van der Waals surface area (Å²) in [7, 11) is 0. The Morgan fingerprint density at radius 2 is 1.83 bits per heavy atom. The van der Waals surface area contributed by atoms with E-state index in [2.05, 4.69) is 5.32 Å². The van der Waals surface area contributed by atoms with Gasteiger partial charge in [0.05, 0.1) is 12.2 Å². The second-order valence-corrected chi connectivity index (χ2v) is 5.94. The molecule has 0 saturated carbocycles. The van der Waals surface area contributed by atoms with Crippen molar-refractivity contribution in [2.45, 2.75) is 33.0 Å². The lowest BCUT2D eigenvalue weighted by Crippen LogP contribution is -3.16. The highest BCUT2D eigenvalue weighted by Crippen LogP contribution is 2.10. The Labute approximate surface area is 136 Å². The van der Waals surface area contributed by atoms with Crippen LogP contribution in [0.3, 0.4) is 0 Å². The van der Waals surface area contributed by atoms with Gasteiger partial charge in [-0.3, -0.25) is 4.79 Å². The zero-order valence-corrected chi connectivity index (χ0v) is 13.9. The highest BCUT2D eigenvalue weighted by molar-refractivity contribution is 5.93. The Balaban J connectivity index is 1.86. The minimum absolute atomic E-state index is 0.0369. The first-order valence-corrected chi connectivity index (χ1v) is 8.04. The van der Waals surface area contributed by atoms with Crippen LogP contribution in [0, 0.1) is 0 Å². The zero-order valence-electron chi connectivity index (χ0n) is 13.9. The highest BCUT2D eigenvalue weighted by Gasteiger charge is 2.27. The van der Waals surface area contributed by atoms with Crippen molar-refractivity contribution in [2.24, 2.45) is 0 Å². The van der Waals surface area contributed by atoms with Gasteiger partial charge in [-0.25, -0.2) is 4.79 Å². The molecule has 1 aliphatic rings. The summed E-state index contributed by atoms with van der Waals surface area (Å²) in [6.07, 6.45) is 0.343. The fraction of sp³-hybridized carbons (Fsp3) is 0.529. The van der Waals surface area contributed by atoms with Crippen LogP contribution < -0.4 is 10.2 Å². The van der Waals surface area contributed by atoms with E-state index in [0.717, 1.165) is 13.1 Å². The van der Waals surface area contributed by atoms with Gasteiger partial charge >= 0.3 is 5.97 Å². The van der Waals surface area contributed by atoms with Crippen molar-refractivity contribution in [1.29, 1.82) is 0 Å². The summed E-state index contributed by atoms with van der Waals surface area (Å²) >= 11 is 0. The zero-order chi connectivity index (χ0) is 16.8. The monoisotopic (exact) mass is 321 g/mol. The molecule has 0 aromatic heterocycles. The number of carbonyl (C=O) groups excluding carboxylic acids is 2. The van der Waals surface area contributed by atoms with Gasteiger partial charge in [-0.2, -0.15) is 0 Å². The number of benzene rings is 1. The number of hydrogen-bond donors (Lipinski definition) is 2. The average Bonchev–Trinajstić information content (AvgIpc) is 2.47. The molecule has 0 bridgehead atoms. The maximum atomic E-state index is 12.2. The molecule has 1 fully saturated rings. The molecule has 2 rings (SSSR count). The molecular formula is C17H25N2O4+. The van der Waals surface area contributed by atoms with Crippen LogP contribution in [0.25, 0.3) is 0 Å². The molecule has 1 amide bonds. The number of carbonyl (C=O) groups is 2. The molecule has 1 aliphatic heterocycles. The Morgan fingerprint density at radius 1 is 1.22 bits per heavy atom. The predicted molar refractivity (Wildman–Crippen MR) is 86.6 cm³/mol. The first-order valence-electron chi connectivity index (χ1n) is 8.04. The van der Waals surface area contributed by atoms with Crippen LogP contribution in [-0.2, 0) is 14.3 Å². The largest absolute Gasteiger partial charge is 0.462 e. The van der Waals surface area contributed by atoms with Crippen molar-refractivity contribution in [3.63, 3.8) is 0 Å². The van der Waals surface area contributed by atoms with Gasteiger partial charge in [0.2, 0.25) is 0 Å². The quantitative estimate of drug-likeness (QED) is 0.775. The fourth-order valence-electron chi connectivity index (χ4n) is 2.87. The maximum Gasteiger partial charge on any atom is 0.338 e. The minimum Gasteiger partial charge on any atom is -0.462 e. The number of esters is 1. The molecule has 1 heterocycles. The lowest BCUT2D eigenvalue weighted by Gasteiger charge is -2.31. The maximum absolute atomic E-state index is 12.2. The standard InChI is InChI=1S/C17H24N2O4/c1-4-22-17(21)14-5-7-15(8-6-14)18-16(20)11-19-9-12(2)23-13(3)10-19/h5-8,12-13H,4,9-11H2,1-3H3,(H,18,20)/p+1/t12-,13-/m1/s1. The molecule has 0 aliphatic carbocycles. The van der Waals surface area contributed by atoms with Gasteiger partial charge in [0.25, 0.3) is 5.91 Å². The highest BCUT2D eigenvalue weighted by atomic mass is 16.5. The van der Waals surface area contributed by atoms with E-state index in [1.807, 2.05) is 13.8 Å². The first-order chi connectivity index (χ1) is 11.0. The van der Waals surface area contributed by atoms with Crippen LogP contribution in [0.1, 0.15) is 31.1 Å². The van der Waals surface area contributed by atoms with Crippen molar-refractivity contribution in [3.05, 3.63) is 29.8 Å². The number of hydrogen-bond acceptors (Lipinski definition) is 4. The molecule has 126 valence electrons. The number of rotatable bonds is 5. The molecule has 0 unspecified atom stereocenters. The van der Waals surface area contributed by atoms with E-state index < -0.39 is 0 Å². The third-order valence-corrected chi connectivity index (χ3v) is 3.71. The van der Waals surface area contributed by atoms with E-state index in [9.17, 15) is 9.59 Å². The SMILES string of the molecule is CCOC(=O)c1ccc(NC(=O)C[NH+]2C[C@@H](C)O[C@H](C)C2)cc1. The topological polar surface area (TPSA) is 69.1 Å². The summed E-state index contributed by atoms with van der Waals surface area (Å²) < 4.78 is 10.6. The number of nitrogens with one attached hydrogen (secondary N) is 2. The normalized spacial score (nSPS) is 24.0. The molecule has 0 radical (unpaired) electrons. The summed E-state index contributed by atoms with van der Waals surface area (Å²) in [5.41, 5.74) is 1.16. The third kappa shape index (κ3) is 5.33. The van der Waals surface area contributed by atoms with Crippen molar-refractivity contribution in [3.8, 4) is 0 Å². The molecule has 0 spiro atoms. The molecule has 6 heteroatoms.